The molecule has 0 spiro atoms. The molecule has 0 fully saturated rings. The molecule has 0 bridgehead atoms. The zero-order valence-corrected chi connectivity index (χ0v) is 22.1. The highest BCUT2D eigenvalue weighted by Crippen LogP contribution is 2.51. The molecule has 0 aliphatic heterocycles. The second-order valence-electron chi connectivity index (χ2n) is 12.9. The highest BCUT2D eigenvalue weighted by atomic mass is 16.5. The van der Waals surface area contributed by atoms with Crippen LogP contribution in [0.15, 0.2) is 24.3 Å². The smallest absolute Gasteiger partial charge is 0.130 e. The summed E-state index contributed by atoms with van der Waals surface area (Å²) in [7, 11) is 1.85. The highest BCUT2D eigenvalue weighted by molar-refractivity contribution is 5.80. The van der Waals surface area contributed by atoms with Gasteiger partial charge in [0.1, 0.15) is 5.75 Å². The molecule has 170 valence electrons. The van der Waals surface area contributed by atoms with Gasteiger partial charge in [0.05, 0.1) is 7.11 Å². The molecule has 1 heteroatoms. The molecule has 2 aromatic rings. The lowest BCUT2D eigenvalue weighted by Crippen LogP contribution is -2.17. The molecule has 0 saturated carbocycles. The van der Waals surface area contributed by atoms with Crippen molar-refractivity contribution < 1.29 is 4.74 Å². The monoisotopic (exact) mass is 420 g/mol. The van der Waals surface area contributed by atoms with Crippen molar-refractivity contribution in [3.63, 3.8) is 0 Å². The summed E-state index contributed by atoms with van der Waals surface area (Å²) in [5.41, 5.74) is 9.98. The van der Waals surface area contributed by atoms with Gasteiger partial charge in [-0.1, -0.05) is 100 Å². The van der Waals surface area contributed by atoms with Crippen molar-refractivity contribution in [3.05, 3.63) is 52.1 Å². The van der Waals surface area contributed by atoms with Gasteiger partial charge in [0.15, 0.2) is 0 Å². The van der Waals surface area contributed by atoms with E-state index in [9.17, 15) is 0 Å². The molecule has 1 unspecified atom stereocenters. The van der Waals surface area contributed by atoms with Gasteiger partial charge in [0, 0.05) is 11.1 Å². The van der Waals surface area contributed by atoms with E-state index >= 15 is 0 Å². The number of rotatable bonds is 2. The van der Waals surface area contributed by atoms with Gasteiger partial charge in [0.25, 0.3) is 0 Å². The molecule has 0 amide bonds. The third-order valence-electron chi connectivity index (χ3n) is 7.26. The van der Waals surface area contributed by atoms with Gasteiger partial charge in [0.2, 0.25) is 0 Å². The summed E-state index contributed by atoms with van der Waals surface area (Å²) in [5.74, 6) is 2.30. The molecule has 0 aromatic heterocycles. The van der Waals surface area contributed by atoms with Crippen LogP contribution in [-0.2, 0) is 22.7 Å². The van der Waals surface area contributed by atoms with Crippen LogP contribution in [0.2, 0.25) is 0 Å². The lowest BCUT2D eigenvalue weighted by atomic mass is 9.76. The van der Waals surface area contributed by atoms with Crippen LogP contribution in [0.5, 0.6) is 5.75 Å². The quantitative estimate of drug-likeness (QED) is 0.473. The third-order valence-corrected chi connectivity index (χ3v) is 7.26. The second kappa shape index (κ2) is 7.68. The first-order valence-electron chi connectivity index (χ1n) is 12.0. The topological polar surface area (TPSA) is 9.23 Å². The minimum Gasteiger partial charge on any atom is -0.496 e. The molecule has 1 nitrogen and oxygen atoms in total. The average molecular weight is 421 g/mol. The van der Waals surface area contributed by atoms with Crippen molar-refractivity contribution in [1.29, 1.82) is 0 Å². The lowest BCUT2D eigenvalue weighted by Gasteiger charge is -2.29. The SMILES string of the molecule is COc1c(C(C)(C)C)cc2c(c1-c1cc(C(C)(C)C)cc(C(C)(C)C)c1)C[C@H](C)C2C. The van der Waals surface area contributed by atoms with Crippen molar-refractivity contribution in [3.8, 4) is 16.9 Å². The van der Waals surface area contributed by atoms with E-state index in [0.717, 1.165) is 12.2 Å². The summed E-state index contributed by atoms with van der Waals surface area (Å²) in [6.45, 7) is 25.6. The first kappa shape index (κ1) is 23.9. The van der Waals surface area contributed by atoms with Crippen LogP contribution in [0.3, 0.4) is 0 Å². The van der Waals surface area contributed by atoms with E-state index in [-0.39, 0.29) is 16.2 Å². The predicted octanol–water partition coefficient (Wildman–Crippen LogP) is 8.55. The summed E-state index contributed by atoms with van der Waals surface area (Å²) in [4.78, 5) is 0. The maximum absolute atomic E-state index is 6.20. The Morgan fingerprint density at radius 1 is 0.742 bits per heavy atom. The van der Waals surface area contributed by atoms with Gasteiger partial charge in [-0.25, -0.2) is 0 Å². The van der Waals surface area contributed by atoms with Crippen LogP contribution in [-0.4, -0.2) is 7.11 Å². The van der Waals surface area contributed by atoms with Crippen LogP contribution < -0.4 is 4.74 Å². The molecular formula is C30H44O. The minimum absolute atomic E-state index is 0.0230. The molecule has 0 N–H and O–H groups in total. The third kappa shape index (κ3) is 4.43. The van der Waals surface area contributed by atoms with Crippen LogP contribution in [0, 0.1) is 5.92 Å². The Labute approximate surface area is 191 Å². The summed E-state index contributed by atoms with van der Waals surface area (Å²) >= 11 is 0. The molecule has 3 rings (SSSR count). The Kier molecular flexibility index (Phi) is 5.92. The van der Waals surface area contributed by atoms with Gasteiger partial charge >= 0.3 is 0 Å². The lowest BCUT2D eigenvalue weighted by molar-refractivity contribution is 0.398. The number of hydrogen-bond donors (Lipinski definition) is 0. The molecule has 2 aromatic carbocycles. The number of methoxy groups -OCH3 is 1. The summed E-state index contributed by atoms with van der Waals surface area (Å²) in [6.07, 6.45) is 1.12. The summed E-state index contributed by atoms with van der Waals surface area (Å²) in [6, 6.07) is 9.71. The van der Waals surface area contributed by atoms with E-state index in [1.54, 1.807) is 0 Å². The predicted molar refractivity (Wildman–Crippen MR) is 136 cm³/mol. The van der Waals surface area contributed by atoms with Gasteiger partial charge in [-0.3, -0.25) is 0 Å². The molecule has 31 heavy (non-hydrogen) atoms. The average Bonchev–Trinajstić information content (AvgIpc) is 2.91. The van der Waals surface area contributed by atoms with Crippen LogP contribution in [0.25, 0.3) is 11.1 Å². The Hall–Kier alpha value is -1.76. The fourth-order valence-electron chi connectivity index (χ4n) is 4.87. The van der Waals surface area contributed by atoms with Crippen molar-refractivity contribution in [2.24, 2.45) is 5.92 Å². The van der Waals surface area contributed by atoms with Crippen LogP contribution in [0.4, 0.5) is 0 Å². The zero-order valence-electron chi connectivity index (χ0n) is 22.1. The highest BCUT2D eigenvalue weighted by Gasteiger charge is 2.34. The zero-order chi connectivity index (χ0) is 23.5. The number of ether oxygens (including phenoxy) is 1. The Bertz CT molecular complexity index is 941. The Morgan fingerprint density at radius 3 is 1.68 bits per heavy atom. The fourth-order valence-corrected chi connectivity index (χ4v) is 4.87. The molecule has 0 radical (unpaired) electrons. The van der Waals surface area contributed by atoms with Crippen molar-refractivity contribution in [2.75, 3.05) is 7.11 Å². The van der Waals surface area contributed by atoms with E-state index in [2.05, 4.69) is 100 Å². The Morgan fingerprint density at radius 2 is 1.26 bits per heavy atom. The normalized spacial score (nSPS) is 19.5. The maximum atomic E-state index is 6.20. The molecule has 1 aliphatic carbocycles. The van der Waals surface area contributed by atoms with Crippen LogP contribution in [0.1, 0.15) is 110 Å². The molecule has 2 atom stereocenters. The molecule has 0 heterocycles. The van der Waals surface area contributed by atoms with Crippen molar-refractivity contribution >= 4 is 0 Å². The van der Waals surface area contributed by atoms with E-state index in [1.165, 1.54) is 38.9 Å². The maximum Gasteiger partial charge on any atom is 0.130 e. The largest absolute Gasteiger partial charge is 0.496 e. The fraction of sp³-hybridized carbons (Fsp3) is 0.600. The van der Waals surface area contributed by atoms with E-state index < -0.39 is 0 Å². The van der Waals surface area contributed by atoms with E-state index in [0.29, 0.717) is 11.8 Å². The molecular weight excluding hydrogens is 376 g/mol. The Balaban J connectivity index is 2.45. The molecule has 1 aliphatic rings. The standard InChI is InChI=1S/C30H44O/c1-18-13-24-23(19(18)2)17-25(30(9,10)11)27(31-12)26(24)20-14-21(28(3,4)5)16-22(15-20)29(6,7)8/h14-19H,13H2,1-12H3/t18-,19?/m0/s1. The first-order valence-corrected chi connectivity index (χ1v) is 12.0. The van der Waals surface area contributed by atoms with E-state index in [4.69, 9.17) is 4.74 Å². The number of hydrogen-bond acceptors (Lipinski definition) is 1. The number of fused-ring (bicyclic) bond motifs is 1. The van der Waals surface area contributed by atoms with Crippen LogP contribution >= 0.6 is 0 Å². The van der Waals surface area contributed by atoms with Crippen molar-refractivity contribution in [1.82, 2.24) is 0 Å². The minimum atomic E-state index is 0.0230. The van der Waals surface area contributed by atoms with Gasteiger partial charge in [-0.15, -0.1) is 0 Å². The first-order chi connectivity index (χ1) is 14.1. The van der Waals surface area contributed by atoms with E-state index in [1.807, 2.05) is 7.11 Å². The van der Waals surface area contributed by atoms with Gasteiger partial charge < -0.3 is 4.74 Å². The van der Waals surface area contributed by atoms with Crippen molar-refractivity contribution in [2.45, 2.75) is 105 Å². The van der Waals surface area contributed by atoms with Gasteiger partial charge in [-0.05, 0) is 62.3 Å². The summed E-state index contributed by atoms with van der Waals surface area (Å²) in [5, 5.41) is 0. The summed E-state index contributed by atoms with van der Waals surface area (Å²) < 4.78 is 6.20. The van der Waals surface area contributed by atoms with Gasteiger partial charge in [-0.2, -0.15) is 0 Å². The second-order valence-corrected chi connectivity index (χ2v) is 12.9. The number of benzene rings is 2. The molecule has 0 saturated heterocycles.